The Morgan fingerprint density at radius 2 is 2.08 bits per heavy atom. The normalized spacial score (nSPS) is 18.1. The Kier molecular flexibility index (Phi) is 4.80. The minimum absolute atomic E-state index is 0.266. The van der Waals surface area contributed by atoms with E-state index in [0.717, 1.165) is 42.7 Å². The van der Waals surface area contributed by atoms with Gasteiger partial charge in [-0.2, -0.15) is 4.98 Å². The number of hydrogen-bond donors (Lipinski definition) is 0. The minimum atomic E-state index is 0.266. The van der Waals surface area contributed by atoms with E-state index in [0.29, 0.717) is 18.5 Å². The summed E-state index contributed by atoms with van der Waals surface area (Å²) < 4.78 is 5.29. The molecule has 3 heterocycles. The van der Waals surface area contributed by atoms with Crippen molar-refractivity contribution in [2.75, 3.05) is 25.0 Å². The van der Waals surface area contributed by atoms with Crippen LogP contribution in [0, 0.1) is 13.8 Å². The van der Waals surface area contributed by atoms with Gasteiger partial charge < -0.3 is 9.42 Å². The van der Waals surface area contributed by atoms with Crippen molar-refractivity contribution >= 4 is 5.82 Å². The van der Waals surface area contributed by atoms with Gasteiger partial charge in [-0.1, -0.05) is 19.0 Å². The number of anilines is 1. The summed E-state index contributed by atoms with van der Waals surface area (Å²) in [5.74, 6) is 3.59. The first-order chi connectivity index (χ1) is 11.4. The van der Waals surface area contributed by atoms with Crippen molar-refractivity contribution in [3.63, 3.8) is 0 Å². The van der Waals surface area contributed by atoms with Crippen molar-refractivity contribution in [3.8, 4) is 0 Å². The molecule has 0 unspecified atom stereocenters. The van der Waals surface area contributed by atoms with E-state index in [4.69, 9.17) is 4.52 Å². The van der Waals surface area contributed by atoms with Gasteiger partial charge in [-0.15, -0.1) is 0 Å². The predicted octanol–water partition coefficient (Wildman–Crippen LogP) is 2.31. The molecule has 3 rings (SSSR count). The van der Waals surface area contributed by atoms with Gasteiger partial charge in [-0.25, -0.2) is 9.97 Å². The van der Waals surface area contributed by atoms with E-state index in [1.807, 2.05) is 13.8 Å². The van der Waals surface area contributed by atoms with Crippen LogP contribution in [-0.4, -0.2) is 51.2 Å². The van der Waals surface area contributed by atoms with Crippen LogP contribution in [0.2, 0.25) is 0 Å². The molecule has 0 aliphatic carbocycles. The number of aromatic nitrogens is 4. The molecule has 0 bridgehead atoms. The zero-order valence-electron chi connectivity index (χ0n) is 15.2. The highest BCUT2D eigenvalue weighted by atomic mass is 16.5. The fourth-order valence-electron chi connectivity index (χ4n) is 3.09. The number of likely N-dealkylation sites (N-methyl/N-ethyl adjacent to an activating group) is 1. The fourth-order valence-corrected chi connectivity index (χ4v) is 3.09. The molecule has 2 aromatic heterocycles. The third-order valence-electron chi connectivity index (χ3n) is 4.43. The maximum Gasteiger partial charge on any atom is 0.229 e. The third kappa shape index (κ3) is 3.72. The van der Waals surface area contributed by atoms with Crippen LogP contribution < -0.4 is 4.90 Å². The molecule has 1 saturated heterocycles. The van der Waals surface area contributed by atoms with E-state index >= 15 is 0 Å². The highest BCUT2D eigenvalue weighted by Crippen LogP contribution is 2.22. The van der Waals surface area contributed by atoms with Gasteiger partial charge in [0.15, 0.2) is 5.82 Å². The van der Waals surface area contributed by atoms with Gasteiger partial charge in [-0.05, 0) is 27.3 Å². The van der Waals surface area contributed by atoms with E-state index < -0.39 is 0 Å². The van der Waals surface area contributed by atoms with Crippen molar-refractivity contribution in [2.45, 2.75) is 52.6 Å². The minimum Gasteiger partial charge on any atom is -0.355 e. The second-order valence-electron chi connectivity index (χ2n) is 6.92. The Morgan fingerprint density at radius 3 is 2.75 bits per heavy atom. The van der Waals surface area contributed by atoms with Crippen LogP contribution in [0.25, 0.3) is 0 Å². The van der Waals surface area contributed by atoms with Crippen molar-refractivity contribution in [1.29, 1.82) is 0 Å². The molecule has 130 valence electrons. The number of nitrogens with zero attached hydrogens (tertiary/aromatic N) is 6. The maximum absolute atomic E-state index is 5.29. The van der Waals surface area contributed by atoms with Gasteiger partial charge in [0.05, 0.1) is 6.54 Å². The Balaban J connectivity index is 1.61. The topological polar surface area (TPSA) is 71.2 Å². The van der Waals surface area contributed by atoms with Gasteiger partial charge in [0, 0.05) is 36.8 Å². The summed E-state index contributed by atoms with van der Waals surface area (Å²) in [5, 5.41) is 4.09. The van der Waals surface area contributed by atoms with Crippen LogP contribution in [0.15, 0.2) is 10.6 Å². The summed E-state index contributed by atoms with van der Waals surface area (Å²) in [7, 11) is 2.12. The molecule has 1 fully saturated rings. The van der Waals surface area contributed by atoms with Crippen molar-refractivity contribution in [1.82, 2.24) is 25.0 Å². The van der Waals surface area contributed by atoms with Crippen LogP contribution in [0.1, 0.15) is 49.4 Å². The van der Waals surface area contributed by atoms with Crippen molar-refractivity contribution in [2.24, 2.45) is 0 Å². The monoisotopic (exact) mass is 330 g/mol. The number of hydrogen-bond acceptors (Lipinski definition) is 7. The molecular formula is C17H26N6O. The largest absolute Gasteiger partial charge is 0.355 e. The molecule has 2 aromatic rings. The second-order valence-corrected chi connectivity index (χ2v) is 6.92. The average Bonchev–Trinajstić information content (AvgIpc) is 3.15. The van der Waals surface area contributed by atoms with Crippen molar-refractivity contribution < 1.29 is 4.52 Å². The molecular weight excluding hydrogens is 304 g/mol. The predicted molar refractivity (Wildman–Crippen MR) is 92.0 cm³/mol. The lowest BCUT2D eigenvalue weighted by atomic mass is 10.2. The van der Waals surface area contributed by atoms with Crippen LogP contribution in [0.4, 0.5) is 5.82 Å². The average molecular weight is 330 g/mol. The smallest absolute Gasteiger partial charge is 0.229 e. The Morgan fingerprint density at radius 1 is 1.29 bits per heavy atom. The quantitative estimate of drug-likeness (QED) is 0.833. The first-order valence-electron chi connectivity index (χ1n) is 8.52. The van der Waals surface area contributed by atoms with E-state index in [1.165, 1.54) is 0 Å². The Bertz CT molecular complexity index is 678. The van der Waals surface area contributed by atoms with Crippen LogP contribution in [-0.2, 0) is 6.54 Å². The zero-order chi connectivity index (χ0) is 17.3. The molecule has 0 amide bonds. The SMILES string of the molecule is Cc1cc(N2CC[C@H](N(C)Cc3noc(C(C)C)n3)C2)nc(C)n1. The van der Waals surface area contributed by atoms with Gasteiger partial charge in [0.25, 0.3) is 0 Å². The number of aryl methyl sites for hydroxylation is 2. The first-order valence-corrected chi connectivity index (χ1v) is 8.52. The Labute approximate surface area is 143 Å². The molecule has 0 radical (unpaired) electrons. The molecule has 24 heavy (non-hydrogen) atoms. The van der Waals surface area contributed by atoms with E-state index in [9.17, 15) is 0 Å². The number of rotatable bonds is 5. The Hall–Kier alpha value is -2.02. The maximum atomic E-state index is 5.29. The van der Waals surface area contributed by atoms with Gasteiger partial charge in [0.2, 0.25) is 5.89 Å². The summed E-state index contributed by atoms with van der Waals surface area (Å²) in [6.45, 7) is 10.7. The molecule has 7 nitrogen and oxygen atoms in total. The lowest BCUT2D eigenvalue weighted by Gasteiger charge is -2.23. The molecule has 0 aromatic carbocycles. The van der Waals surface area contributed by atoms with Gasteiger partial charge >= 0.3 is 0 Å². The lowest BCUT2D eigenvalue weighted by molar-refractivity contribution is 0.240. The van der Waals surface area contributed by atoms with Crippen LogP contribution in [0.5, 0.6) is 0 Å². The second kappa shape index (κ2) is 6.84. The third-order valence-corrected chi connectivity index (χ3v) is 4.43. The van der Waals surface area contributed by atoms with Crippen molar-refractivity contribution in [3.05, 3.63) is 29.3 Å². The summed E-state index contributed by atoms with van der Waals surface area (Å²) in [6.07, 6.45) is 1.10. The highest BCUT2D eigenvalue weighted by Gasteiger charge is 2.27. The molecule has 1 aliphatic rings. The summed E-state index contributed by atoms with van der Waals surface area (Å²) in [5.41, 5.74) is 1.02. The van der Waals surface area contributed by atoms with Crippen LogP contribution >= 0.6 is 0 Å². The van der Waals surface area contributed by atoms with E-state index in [1.54, 1.807) is 0 Å². The first kappa shape index (κ1) is 16.8. The van der Waals surface area contributed by atoms with Crippen LogP contribution in [0.3, 0.4) is 0 Å². The van der Waals surface area contributed by atoms with Gasteiger partial charge in [0.1, 0.15) is 11.6 Å². The summed E-state index contributed by atoms with van der Waals surface area (Å²) in [6, 6.07) is 2.52. The van der Waals surface area contributed by atoms with Gasteiger partial charge in [-0.3, -0.25) is 4.90 Å². The zero-order valence-corrected chi connectivity index (χ0v) is 15.2. The standard InChI is InChI=1S/C17H26N6O/c1-11(2)17-20-15(21-24-17)10-22(5)14-6-7-23(9-14)16-8-12(3)18-13(4)19-16/h8,11,14H,6-7,9-10H2,1-5H3/t14-/m0/s1. The molecule has 0 spiro atoms. The highest BCUT2D eigenvalue weighted by molar-refractivity contribution is 5.41. The summed E-state index contributed by atoms with van der Waals surface area (Å²) in [4.78, 5) is 18.0. The summed E-state index contributed by atoms with van der Waals surface area (Å²) >= 11 is 0. The molecule has 0 saturated carbocycles. The molecule has 1 atom stereocenters. The van der Waals surface area contributed by atoms with E-state index in [-0.39, 0.29) is 5.92 Å². The molecule has 7 heteroatoms. The van der Waals surface area contributed by atoms with E-state index in [2.05, 4.69) is 56.9 Å². The fraction of sp³-hybridized carbons (Fsp3) is 0.647. The lowest BCUT2D eigenvalue weighted by Crippen LogP contribution is -2.34. The molecule has 1 aliphatic heterocycles. The molecule has 0 N–H and O–H groups in total.